The Hall–Kier alpha value is -2.82. The summed E-state index contributed by atoms with van der Waals surface area (Å²) in [7, 11) is 1.30. The van der Waals surface area contributed by atoms with Gasteiger partial charge < -0.3 is 14.6 Å². The van der Waals surface area contributed by atoms with E-state index >= 15 is 0 Å². The van der Waals surface area contributed by atoms with Gasteiger partial charge in [-0.15, -0.1) is 0 Å². The molecule has 0 saturated heterocycles. The molecule has 1 N–H and O–H groups in total. The molecule has 0 saturated carbocycles. The van der Waals surface area contributed by atoms with Gasteiger partial charge in [0.2, 0.25) is 0 Å². The first-order chi connectivity index (χ1) is 10.6. The number of hydrogen-bond acceptors (Lipinski definition) is 4. The van der Waals surface area contributed by atoms with E-state index in [-0.39, 0.29) is 5.75 Å². The largest absolute Gasteiger partial charge is 0.511 e. The molecule has 2 rings (SSSR count). The lowest BCUT2D eigenvalue weighted by atomic mass is 9.96. The Bertz CT molecular complexity index is 706. The molecular formula is C17H16O5. The highest BCUT2D eigenvalue weighted by Crippen LogP contribution is 2.34. The zero-order chi connectivity index (χ0) is 16.1. The predicted octanol–water partition coefficient (Wildman–Crippen LogP) is 3.76. The van der Waals surface area contributed by atoms with E-state index in [4.69, 9.17) is 14.6 Å². The predicted molar refractivity (Wildman–Crippen MR) is 81.2 cm³/mol. The van der Waals surface area contributed by atoms with Gasteiger partial charge in [0, 0.05) is 5.56 Å². The lowest BCUT2D eigenvalue weighted by molar-refractivity contribution is 0.0601. The van der Waals surface area contributed by atoms with Gasteiger partial charge in [-0.2, -0.15) is 0 Å². The summed E-state index contributed by atoms with van der Waals surface area (Å²) >= 11 is 0. The van der Waals surface area contributed by atoms with Crippen molar-refractivity contribution < 1.29 is 24.2 Å². The fraction of sp³-hybridized carbons (Fsp3) is 0.176. The Morgan fingerprint density at radius 3 is 2.45 bits per heavy atom. The summed E-state index contributed by atoms with van der Waals surface area (Å²) in [5, 5.41) is 8.88. The molecule has 0 bridgehead atoms. The van der Waals surface area contributed by atoms with Crippen molar-refractivity contribution in [2.45, 2.75) is 13.3 Å². The van der Waals surface area contributed by atoms with Gasteiger partial charge in [-0.3, -0.25) is 0 Å². The van der Waals surface area contributed by atoms with Gasteiger partial charge >= 0.3 is 12.1 Å². The number of carbonyl (C=O) groups is 2. The highest BCUT2D eigenvalue weighted by Gasteiger charge is 2.17. The van der Waals surface area contributed by atoms with E-state index in [2.05, 4.69) is 0 Å². The van der Waals surface area contributed by atoms with Crippen molar-refractivity contribution in [3.8, 4) is 16.9 Å². The minimum atomic E-state index is -1.40. The minimum Gasteiger partial charge on any atom is -0.465 e. The Balaban J connectivity index is 2.64. The third-order valence-electron chi connectivity index (χ3n) is 3.27. The SMILES string of the molecule is CCc1ccc(OC(=O)O)c(-c2ccccc2C(=O)OC)c1. The number of methoxy groups -OCH3 is 1. The zero-order valence-electron chi connectivity index (χ0n) is 12.3. The van der Waals surface area contributed by atoms with E-state index in [9.17, 15) is 9.59 Å². The molecule has 0 aliphatic heterocycles. The van der Waals surface area contributed by atoms with Crippen LogP contribution in [0, 0.1) is 0 Å². The van der Waals surface area contributed by atoms with Gasteiger partial charge in [-0.25, -0.2) is 9.59 Å². The van der Waals surface area contributed by atoms with Crippen LogP contribution < -0.4 is 4.74 Å². The molecule has 0 atom stereocenters. The molecule has 22 heavy (non-hydrogen) atoms. The number of hydrogen-bond donors (Lipinski definition) is 1. The molecular weight excluding hydrogens is 284 g/mol. The standard InChI is InChI=1S/C17H16O5/c1-3-11-8-9-15(22-17(19)20)14(10-11)12-6-4-5-7-13(12)16(18)21-2/h4-10H,3H2,1-2H3,(H,19,20). The van der Waals surface area contributed by atoms with Crippen molar-refractivity contribution >= 4 is 12.1 Å². The van der Waals surface area contributed by atoms with Gasteiger partial charge in [0.05, 0.1) is 12.7 Å². The molecule has 5 nitrogen and oxygen atoms in total. The summed E-state index contributed by atoms with van der Waals surface area (Å²) < 4.78 is 9.61. The first-order valence-corrected chi connectivity index (χ1v) is 6.78. The molecule has 0 unspecified atom stereocenters. The average molecular weight is 300 g/mol. The van der Waals surface area contributed by atoms with Crippen LogP contribution in [-0.4, -0.2) is 24.3 Å². The first kappa shape index (κ1) is 15.6. The molecule has 0 fully saturated rings. The van der Waals surface area contributed by atoms with Crippen LogP contribution in [0.15, 0.2) is 42.5 Å². The van der Waals surface area contributed by atoms with Crippen LogP contribution >= 0.6 is 0 Å². The van der Waals surface area contributed by atoms with E-state index < -0.39 is 12.1 Å². The van der Waals surface area contributed by atoms with Crippen molar-refractivity contribution in [1.82, 2.24) is 0 Å². The number of ether oxygens (including phenoxy) is 2. The van der Waals surface area contributed by atoms with Crippen LogP contribution in [0.1, 0.15) is 22.8 Å². The molecule has 2 aromatic rings. The molecule has 0 aliphatic carbocycles. The van der Waals surface area contributed by atoms with Gasteiger partial charge in [0.25, 0.3) is 0 Å². The summed E-state index contributed by atoms with van der Waals surface area (Å²) in [6.45, 7) is 1.99. The number of rotatable bonds is 4. The second-order valence-corrected chi connectivity index (χ2v) is 4.59. The Kier molecular flexibility index (Phi) is 4.78. The normalized spacial score (nSPS) is 10.1. The lowest BCUT2D eigenvalue weighted by Gasteiger charge is -2.13. The van der Waals surface area contributed by atoms with Crippen LogP contribution in [0.3, 0.4) is 0 Å². The molecule has 0 heterocycles. The summed E-state index contributed by atoms with van der Waals surface area (Å²) in [6.07, 6.45) is -0.623. The molecule has 0 aliphatic rings. The van der Waals surface area contributed by atoms with Crippen molar-refractivity contribution in [3.05, 3.63) is 53.6 Å². The maximum Gasteiger partial charge on any atom is 0.511 e. The fourth-order valence-corrected chi connectivity index (χ4v) is 2.20. The summed E-state index contributed by atoms with van der Waals surface area (Å²) in [6, 6.07) is 12.1. The maximum atomic E-state index is 11.9. The summed E-state index contributed by atoms with van der Waals surface area (Å²) in [4.78, 5) is 22.8. The molecule has 114 valence electrons. The van der Waals surface area contributed by atoms with Crippen LogP contribution in [0.5, 0.6) is 5.75 Å². The second-order valence-electron chi connectivity index (χ2n) is 4.59. The number of carboxylic acid groups (broad SMARTS) is 1. The molecule has 0 aromatic heterocycles. The average Bonchev–Trinajstić information content (AvgIpc) is 2.54. The van der Waals surface area contributed by atoms with Crippen LogP contribution in [0.2, 0.25) is 0 Å². The van der Waals surface area contributed by atoms with Crippen molar-refractivity contribution in [2.75, 3.05) is 7.11 Å². The number of aryl methyl sites for hydroxylation is 1. The molecule has 0 spiro atoms. The van der Waals surface area contributed by atoms with Gasteiger partial charge in [0.1, 0.15) is 5.75 Å². The summed E-state index contributed by atoms with van der Waals surface area (Å²) in [5.74, 6) is -0.306. The molecule has 2 aromatic carbocycles. The van der Waals surface area contributed by atoms with Gasteiger partial charge in [-0.1, -0.05) is 31.2 Å². The third-order valence-corrected chi connectivity index (χ3v) is 3.27. The van der Waals surface area contributed by atoms with Crippen LogP contribution in [0.4, 0.5) is 4.79 Å². The van der Waals surface area contributed by atoms with Gasteiger partial charge in [-0.05, 0) is 35.7 Å². The van der Waals surface area contributed by atoms with Crippen LogP contribution in [-0.2, 0) is 11.2 Å². The molecule has 5 heteroatoms. The zero-order valence-corrected chi connectivity index (χ0v) is 12.3. The van der Waals surface area contributed by atoms with Crippen molar-refractivity contribution in [3.63, 3.8) is 0 Å². The number of esters is 1. The highest BCUT2D eigenvalue weighted by molar-refractivity contribution is 5.98. The van der Waals surface area contributed by atoms with E-state index in [0.29, 0.717) is 16.7 Å². The monoisotopic (exact) mass is 300 g/mol. The fourth-order valence-electron chi connectivity index (χ4n) is 2.20. The third kappa shape index (κ3) is 3.25. The lowest BCUT2D eigenvalue weighted by Crippen LogP contribution is -2.07. The van der Waals surface area contributed by atoms with Gasteiger partial charge in [0.15, 0.2) is 0 Å². The van der Waals surface area contributed by atoms with E-state index in [1.807, 2.05) is 13.0 Å². The smallest absolute Gasteiger partial charge is 0.465 e. The Morgan fingerprint density at radius 2 is 1.82 bits per heavy atom. The quantitative estimate of drug-likeness (QED) is 0.687. The van der Waals surface area contributed by atoms with Crippen molar-refractivity contribution in [2.24, 2.45) is 0 Å². The van der Waals surface area contributed by atoms with Crippen LogP contribution in [0.25, 0.3) is 11.1 Å². The number of benzene rings is 2. The first-order valence-electron chi connectivity index (χ1n) is 6.78. The topological polar surface area (TPSA) is 72.8 Å². The Labute approximate surface area is 128 Å². The minimum absolute atomic E-state index is 0.182. The van der Waals surface area contributed by atoms with E-state index in [1.54, 1.807) is 36.4 Å². The molecule has 0 radical (unpaired) electrons. The van der Waals surface area contributed by atoms with E-state index in [0.717, 1.165) is 12.0 Å². The number of carbonyl (C=O) groups excluding carboxylic acids is 1. The highest BCUT2D eigenvalue weighted by atomic mass is 16.7. The molecule has 0 amide bonds. The van der Waals surface area contributed by atoms with E-state index in [1.165, 1.54) is 7.11 Å². The maximum absolute atomic E-state index is 11.9. The summed E-state index contributed by atoms with van der Waals surface area (Å²) in [5.41, 5.74) is 2.48. The second kappa shape index (κ2) is 6.76. The Morgan fingerprint density at radius 1 is 1.09 bits per heavy atom. The van der Waals surface area contributed by atoms with Crippen molar-refractivity contribution in [1.29, 1.82) is 0 Å².